The van der Waals surface area contributed by atoms with Crippen molar-refractivity contribution in [3.63, 3.8) is 0 Å². The molecule has 17 heavy (non-hydrogen) atoms. The summed E-state index contributed by atoms with van der Waals surface area (Å²) >= 11 is 0. The first-order valence-electron chi connectivity index (χ1n) is 5.75. The summed E-state index contributed by atoms with van der Waals surface area (Å²) in [7, 11) is 0. The van der Waals surface area contributed by atoms with Gasteiger partial charge in [-0.1, -0.05) is 18.2 Å². The van der Waals surface area contributed by atoms with Crippen LogP contribution in [0.15, 0.2) is 28.7 Å². The molecule has 1 heterocycles. The molecule has 2 N–H and O–H groups in total. The lowest BCUT2D eigenvalue weighted by molar-refractivity contribution is 0.100. The van der Waals surface area contributed by atoms with Crippen LogP contribution in [-0.2, 0) is 0 Å². The zero-order chi connectivity index (χ0) is 12.4. The molecule has 0 fully saturated rings. The molecule has 4 nitrogen and oxygen atoms in total. The summed E-state index contributed by atoms with van der Waals surface area (Å²) in [4.78, 5) is 13.6. The first-order valence-corrected chi connectivity index (χ1v) is 5.75. The normalized spacial score (nSPS) is 10.7. The van der Waals surface area contributed by atoms with E-state index in [9.17, 15) is 4.79 Å². The number of amides is 1. The highest BCUT2D eigenvalue weighted by atomic mass is 16.4. The highest BCUT2D eigenvalue weighted by Crippen LogP contribution is 2.32. The Morgan fingerprint density at radius 2 is 1.94 bits per heavy atom. The number of hydrogen-bond donors (Lipinski definition) is 1. The molecule has 0 atom stereocenters. The molecule has 1 aromatic heterocycles. The van der Waals surface area contributed by atoms with Crippen molar-refractivity contribution in [1.82, 2.24) is 0 Å². The second-order valence-corrected chi connectivity index (χ2v) is 3.81. The third-order valence-corrected chi connectivity index (χ3v) is 2.87. The lowest BCUT2D eigenvalue weighted by Crippen LogP contribution is -2.24. The Morgan fingerprint density at radius 1 is 1.29 bits per heavy atom. The molecule has 0 radical (unpaired) electrons. The first-order chi connectivity index (χ1) is 8.19. The van der Waals surface area contributed by atoms with E-state index in [1.807, 2.05) is 43.0 Å². The number of rotatable bonds is 4. The van der Waals surface area contributed by atoms with Gasteiger partial charge in [0, 0.05) is 18.5 Å². The Balaban J connectivity index is 2.69. The van der Waals surface area contributed by atoms with Crippen LogP contribution in [0, 0.1) is 0 Å². The zero-order valence-corrected chi connectivity index (χ0v) is 10.1. The fourth-order valence-corrected chi connectivity index (χ4v) is 2.00. The lowest BCUT2D eigenvalue weighted by atomic mass is 10.1. The average Bonchev–Trinajstić information content (AvgIpc) is 2.69. The fourth-order valence-electron chi connectivity index (χ4n) is 2.00. The second-order valence-electron chi connectivity index (χ2n) is 3.81. The van der Waals surface area contributed by atoms with Crippen molar-refractivity contribution in [1.29, 1.82) is 0 Å². The summed E-state index contributed by atoms with van der Waals surface area (Å²) < 4.78 is 5.73. The van der Waals surface area contributed by atoms with Crippen molar-refractivity contribution in [3.05, 3.63) is 29.8 Å². The molecule has 0 aliphatic heterocycles. The van der Waals surface area contributed by atoms with E-state index >= 15 is 0 Å². The van der Waals surface area contributed by atoms with Gasteiger partial charge in [-0.05, 0) is 19.9 Å². The van der Waals surface area contributed by atoms with Gasteiger partial charge < -0.3 is 15.1 Å². The predicted molar refractivity (Wildman–Crippen MR) is 68.3 cm³/mol. The van der Waals surface area contributed by atoms with Crippen LogP contribution in [0.1, 0.15) is 24.2 Å². The predicted octanol–water partition coefficient (Wildman–Crippen LogP) is 2.38. The molecule has 0 spiro atoms. The van der Waals surface area contributed by atoms with Crippen LogP contribution in [0.5, 0.6) is 0 Å². The van der Waals surface area contributed by atoms with Gasteiger partial charge in [-0.15, -0.1) is 0 Å². The first kappa shape index (κ1) is 11.5. The molecular weight excluding hydrogens is 216 g/mol. The van der Waals surface area contributed by atoms with E-state index in [0.29, 0.717) is 17.0 Å². The Hall–Kier alpha value is -1.97. The molecule has 4 heteroatoms. The van der Waals surface area contributed by atoms with Gasteiger partial charge in [-0.25, -0.2) is 0 Å². The van der Waals surface area contributed by atoms with Crippen molar-refractivity contribution in [2.24, 2.45) is 5.73 Å². The number of carbonyl (C=O) groups is 1. The van der Waals surface area contributed by atoms with Gasteiger partial charge in [0.25, 0.3) is 5.91 Å². The smallest absolute Gasteiger partial charge is 0.254 e. The summed E-state index contributed by atoms with van der Waals surface area (Å²) in [6.07, 6.45) is 0. The van der Waals surface area contributed by atoms with Gasteiger partial charge >= 0.3 is 0 Å². The number of fused-ring (bicyclic) bond motifs is 1. The molecule has 0 unspecified atom stereocenters. The Morgan fingerprint density at radius 3 is 2.53 bits per heavy atom. The number of anilines is 1. The lowest BCUT2D eigenvalue weighted by Gasteiger charge is -2.18. The van der Waals surface area contributed by atoms with Crippen LogP contribution in [-0.4, -0.2) is 19.0 Å². The molecule has 0 saturated heterocycles. The number of carbonyl (C=O) groups excluding carboxylic acids is 1. The topological polar surface area (TPSA) is 59.5 Å². The van der Waals surface area contributed by atoms with E-state index in [-0.39, 0.29) is 0 Å². The number of benzene rings is 1. The van der Waals surface area contributed by atoms with E-state index < -0.39 is 5.91 Å². The molecule has 1 aromatic carbocycles. The van der Waals surface area contributed by atoms with Gasteiger partial charge in [-0.2, -0.15) is 0 Å². The van der Waals surface area contributed by atoms with Crippen LogP contribution < -0.4 is 10.6 Å². The minimum absolute atomic E-state index is 0.447. The SMILES string of the molecule is CCN(CC)c1oc2ccccc2c1C(N)=O. The minimum atomic E-state index is -0.447. The van der Waals surface area contributed by atoms with Crippen LogP contribution >= 0.6 is 0 Å². The third kappa shape index (κ3) is 1.86. The van der Waals surface area contributed by atoms with Gasteiger partial charge in [0.2, 0.25) is 5.88 Å². The summed E-state index contributed by atoms with van der Waals surface area (Å²) in [5.74, 6) is 0.126. The number of nitrogens with zero attached hydrogens (tertiary/aromatic N) is 1. The molecule has 0 bridgehead atoms. The molecule has 2 rings (SSSR count). The standard InChI is InChI=1S/C13H16N2O2/c1-3-15(4-2)13-11(12(14)16)9-7-5-6-8-10(9)17-13/h5-8H,3-4H2,1-2H3,(H2,14,16). The molecule has 0 aliphatic rings. The highest BCUT2D eigenvalue weighted by Gasteiger charge is 2.21. The second kappa shape index (κ2) is 4.49. The van der Waals surface area contributed by atoms with Crippen LogP contribution in [0.25, 0.3) is 11.0 Å². The molecule has 0 saturated carbocycles. The van der Waals surface area contributed by atoms with Crippen LogP contribution in [0.2, 0.25) is 0 Å². The zero-order valence-electron chi connectivity index (χ0n) is 10.1. The number of para-hydroxylation sites is 1. The molecule has 1 amide bonds. The Labute approximate surface area is 100.0 Å². The molecule has 0 aliphatic carbocycles. The van der Waals surface area contributed by atoms with Crippen LogP contribution in [0.4, 0.5) is 5.88 Å². The highest BCUT2D eigenvalue weighted by molar-refractivity contribution is 6.09. The third-order valence-electron chi connectivity index (χ3n) is 2.87. The number of hydrogen-bond acceptors (Lipinski definition) is 3. The number of furan rings is 1. The Kier molecular flexibility index (Phi) is 3.04. The minimum Gasteiger partial charge on any atom is -0.440 e. The van der Waals surface area contributed by atoms with Crippen molar-refractivity contribution in [2.75, 3.05) is 18.0 Å². The maximum Gasteiger partial charge on any atom is 0.254 e. The van der Waals surface area contributed by atoms with Crippen LogP contribution in [0.3, 0.4) is 0 Å². The molecule has 2 aromatic rings. The van der Waals surface area contributed by atoms with E-state index in [0.717, 1.165) is 18.5 Å². The van der Waals surface area contributed by atoms with E-state index in [1.165, 1.54) is 0 Å². The molecule has 90 valence electrons. The van der Waals surface area contributed by atoms with Gasteiger partial charge in [0.05, 0.1) is 0 Å². The summed E-state index contributed by atoms with van der Waals surface area (Å²) in [6.45, 7) is 5.58. The quantitative estimate of drug-likeness (QED) is 0.880. The number of primary amides is 1. The average molecular weight is 232 g/mol. The maximum atomic E-state index is 11.6. The van der Waals surface area contributed by atoms with Crippen molar-refractivity contribution < 1.29 is 9.21 Å². The van der Waals surface area contributed by atoms with Crippen molar-refractivity contribution >= 4 is 22.8 Å². The van der Waals surface area contributed by atoms with Crippen molar-refractivity contribution in [3.8, 4) is 0 Å². The van der Waals surface area contributed by atoms with Gasteiger partial charge in [0.15, 0.2) is 0 Å². The van der Waals surface area contributed by atoms with Gasteiger partial charge in [-0.3, -0.25) is 4.79 Å². The summed E-state index contributed by atoms with van der Waals surface area (Å²) in [6, 6.07) is 7.44. The van der Waals surface area contributed by atoms with Gasteiger partial charge in [0.1, 0.15) is 11.1 Å². The summed E-state index contributed by atoms with van der Waals surface area (Å²) in [5, 5.41) is 0.780. The van der Waals surface area contributed by atoms with Crippen molar-refractivity contribution in [2.45, 2.75) is 13.8 Å². The van der Waals surface area contributed by atoms with E-state index in [4.69, 9.17) is 10.2 Å². The maximum absolute atomic E-state index is 11.6. The Bertz CT molecular complexity index is 541. The number of nitrogens with two attached hydrogens (primary N) is 1. The van der Waals surface area contributed by atoms with E-state index in [1.54, 1.807) is 0 Å². The van der Waals surface area contributed by atoms with E-state index in [2.05, 4.69) is 0 Å². The fraction of sp³-hybridized carbons (Fsp3) is 0.308. The monoisotopic (exact) mass is 232 g/mol. The largest absolute Gasteiger partial charge is 0.440 e. The summed E-state index contributed by atoms with van der Waals surface area (Å²) in [5.41, 5.74) is 6.62. The molecular formula is C13H16N2O2.